The maximum Gasteiger partial charge on any atom is 0.255 e. The molecule has 0 radical (unpaired) electrons. The number of benzene rings is 2. The van der Waals surface area contributed by atoms with Gasteiger partial charge in [0.25, 0.3) is 5.91 Å². The van der Waals surface area contributed by atoms with E-state index in [9.17, 15) is 13.2 Å². The second-order valence-electron chi connectivity index (χ2n) is 7.07. The lowest BCUT2D eigenvalue weighted by Gasteiger charge is -2.34. The lowest BCUT2D eigenvalue weighted by atomic mass is 10.1. The van der Waals surface area contributed by atoms with Crippen LogP contribution in [0.25, 0.3) is 0 Å². The first-order chi connectivity index (χ1) is 13.3. The molecule has 28 heavy (non-hydrogen) atoms. The van der Waals surface area contributed by atoms with Crippen molar-refractivity contribution in [3.63, 3.8) is 0 Å². The number of carbonyl (C=O) groups excluding carboxylic acids is 1. The highest BCUT2D eigenvalue weighted by atomic mass is 32.2. The molecular formula is C21H26N2O4S. The van der Waals surface area contributed by atoms with Gasteiger partial charge in [0.2, 0.25) is 10.0 Å². The Hall–Kier alpha value is -2.22. The number of carbonyl (C=O) groups is 1. The van der Waals surface area contributed by atoms with E-state index in [1.165, 1.54) is 16.4 Å². The number of rotatable bonds is 5. The van der Waals surface area contributed by atoms with Crippen LogP contribution in [-0.4, -0.2) is 43.9 Å². The second kappa shape index (κ2) is 8.43. The van der Waals surface area contributed by atoms with E-state index in [1.807, 2.05) is 45.0 Å². The van der Waals surface area contributed by atoms with E-state index in [0.29, 0.717) is 18.7 Å². The Morgan fingerprint density at radius 1 is 1.11 bits per heavy atom. The van der Waals surface area contributed by atoms with E-state index >= 15 is 0 Å². The fraction of sp³-hybridized carbons (Fsp3) is 0.381. The molecule has 0 bridgehead atoms. The Bertz CT molecular complexity index is 948. The number of para-hydroxylation sites is 1. The third-order valence-corrected chi connectivity index (χ3v) is 6.59. The first kappa shape index (κ1) is 20.5. The number of hydrogen-bond acceptors (Lipinski definition) is 4. The van der Waals surface area contributed by atoms with Gasteiger partial charge in [-0.2, -0.15) is 4.31 Å². The van der Waals surface area contributed by atoms with Gasteiger partial charge >= 0.3 is 0 Å². The zero-order valence-electron chi connectivity index (χ0n) is 16.4. The van der Waals surface area contributed by atoms with Crippen LogP contribution in [0.2, 0.25) is 0 Å². The van der Waals surface area contributed by atoms with E-state index in [1.54, 1.807) is 12.1 Å². The second-order valence-corrected chi connectivity index (χ2v) is 9.01. The van der Waals surface area contributed by atoms with E-state index in [0.717, 1.165) is 17.7 Å². The quantitative estimate of drug-likeness (QED) is 0.833. The Morgan fingerprint density at radius 2 is 1.79 bits per heavy atom. The van der Waals surface area contributed by atoms with Crippen molar-refractivity contribution in [2.45, 2.75) is 44.3 Å². The molecule has 0 aliphatic carbocycles. The summed E-state index contributed by atoms with van der Waals surface area (Å²) in [4.78, 5) is 12.8. The van der Waals surface area contributed by atoms with Crippen LogP contribution in [0.3, 0.4) is 0 Å². The molecule has 150 valence electrons. The van der Waals surface area contributed by atoms with Crippen molar-refractivity contribution in [1.82, 2.24) is 4.31 Å². The van der Waals surface area contributed by atoms with Crippen LogP contribution in [-0.2, 0) is 21.2 Å². The minimum absolute atomic E-state index is 0.116. The fourth-order valence-electron chi connectivity index (χ4n) is 3.42. The van der Waals surface area contributed by atoms with Crippen molar-refractivity contribution in [1.29, 1.82) is 0 Å². The molecule has 0 unspecified atom stereocenters. The van der Waals surface area contributed by atoms with Crippen molar-refractivity contribution in [2.24, 2.45) is 0 Å². The molecule has 1 heterocycles. The van der Waals surface area contributed by atoms with Crippen molar-refractivity contribution >= 4 is 21.6 Å². The first-order valence-electron chi connectivity index (χ1n) is 9.46. The summed E-state index contributed by atoms with van der Waals surface area (Å²) in [5.41, 5.74) is 2.07. The summed E-state index contributed by atoms with van der Waals surface area (Å²) in [6.07, 6.45) is 0.448. The summed E-state index contributed by atoms with van der Waals surface area (Å²) in [5.74, 6) is -0.332. The molecule has 7 heteroatoms. The van der Waals surface area contributed by atoms with Crippen LogP contribution in [0.5, 0.6) is 0 Å². The zero-order valence-corrected chi connectivity index (χ0v) is 17.2. The summed E-state index contributed by atoms with van der Waals surface area (Å²) in [6, 6.07) is 13.8. The number of aryl methyl sites for hydroxylation is 1. The fourth-order valence-corrected chi connectivity index (χ4v) is 5.06. The number of nitrogens with zero attached hydrogens (tertiary/aromatic N) is 1. The van der Waals surface area contributed by atoms with Gasteiger partial charge < -0.3 is 10.1 Å². The van der Waals surface area contributed by atoms with Gasteiger partial charge in [-0.15, -0.1) is 0 Å². The summed E-state index contributed by atoms with van der Waals surface area (Å²) < 4.78 is 33.2. The standard InChI is InChI=1S/C21H26N2O4S/c1-4-17-8-5-6-11-20(17)22-21(24)18-9-7-10-19(12-18)28(25,26)23-13-15(2)27-16(3)14-23/h5-12,15-16H,4,13-14H2,1-3H3,(H,22,24)/t15-,16-/m0/s1. The Morgan fingerprint density at radius 3 is 2.46 bits per heavy atom. The third kappa shape index (κ3) is 4.43. The number of sulfonamides is 1. The maximum atomic E-state index is 13.1. The van der Waals surface area contributed by atoms with Gasteiger partial charge in [0.15, 0.2) is 0 Å². The molecule has 1 amide bonds. The normalized spacial score (nSPS) is 20.7. The topological polar surface area (TPSA) is 75.7 Å². The molecule has 2 aromatic carbocycles. The number of anilines is 1. The van der Waals surface area contributed by atoms with Crippen LogP contribution < -0.4 is 5.32 Å². The minimum atomic E-state index is -3.70. The monoisotopic (exact) mass is 402 g/mol. The van der Waals surface area contributed by atoms with E-state index in [2.05, 4.69) is 5.32 Å². The Labute approximate surface area is 166 Å². The molecule has 0 spiro atoms. The Balaban J connectivity index is 1.84. The van der Waals surface area contributed by atoms with Crippen molar-refractivity contribution in [3.05, 3.63) is 59.7 Å². The average molecular weight is 403 g/mol. The van der Waals surface area contributed by atoms with Gasteiger partial charge in [0, 0.05) is 24.3 Å². The molecule has 2 atom stereocenters. The van der Waals surface area contributed by atoms with Crippen molar-refractivity contribution < 1.29 is 17.9 Å². The minimum Gasteiger partial charge on any atom is -0.373 e. The summed E-state index contributed by atoms with van der Waals surface area (Å²) in [5, 5.41) is 2.88. The largest absolute Gasteiger partial charge is 0.373 e. The lowest BCUT2D eigenvalue weighted by Crippen LogP contribution is -2.48. The third-order valence-electron chi connectivity index (χ3n) is 4.77. The number of ether oxygens (including phenoxy) is 1. The van der Waals surface area contributed by atoms with Crippen molar-refractivity contribution in [2.75, 3.05) is 18.4 Å². The van der Waals surface area contributed by atoms with Gasteiger partial charge in [-0.3, -0.25) is 4.79 Å². The molecule has 2 aromatic rings. The number of morpholine rings is 1. The molecule has 1 N–H and O–H groups in total. The lowest BCUT2D eigenvalue weighted by molar-refractivity contribution is -0.0440. The molecule has 1 saturated heterocycles. The zero-order chi connectivity index (χ0) is 20.3. The molecular weight excluding hydrogens is 376 g/mol. The highest BCUT2D eigenvalue weighted by Crippen LogP contribution is 2.23. The number of amides is 1. The van der Waals surface area contributed by atoms with Gasteiger partial charge in [-0.25, -0.2) is 8.42 Å². The van der Waals surface area contributed by atoms with Crippen molar-refractivity contribution in [3.8, 4) is 0 Å². The predicted molar refractivity (Wildman–Crippen MR) is 109 cm³/mol. The predicted octanol–water partition coefficient (Wildman–Crippen LogP) is 3.30. The number of nitrogens with one attached hydrogen (secondary N) is 1. The Kier molecular flexibility index (Phi) is 6.17. The molecule has 1 aliphatic heterocycles. The van der Waals surface area contributed by atoms with Crippen LogP contribution in [0.15, 0.2) is 53.4 Å². The number of hydrogen-bond donors (Lipinski definition) is 1. The van der Waals surface area contributed by atoms with Crippen LogP contribution >= 0.6 is 0 Å². The van der Waals surface area contributed by atoms with Gasteiger partial charge in [0.1, 0.15) is 0 Å². The van der Waals surface area contributed by atoms with Crippen LogP contribution in [0.1, 0.15) is 36.7 Å². The van der Waals surface area contributed by atoms with Gasteiger partial charge in [0.05, 0.1) is 17.1 Å². The highest BCUT2D eigenvalue weighted by molar-refractivity contribution is 7.89. The highest BCUT2D eigenvalue weighted by Gasteiger charge is 2.32. The molecule has 1 fully saturated rings. The summed E-state index contributed by atoms with van der Waals surface area (Å²) >= 11 is 0. The summed E-state index contributed by atoms with van der Waals surface area (Å²) in [7, 11) is -3.70. The first-order valence-corrected chi connectivity index (χ1v) is 10.9. The summed E-state index contributed by atoms with van der Waals surface area (Å²) in [6.45, 7) is 6.32. The van der Waals surface area contributed by atoms with E-state index in [4.69, 9.17) is 4.74 Å². The molecule has 1 aliphatic rings. The molecule has 0 aromatic heterocycles. The van der Waals surface area contributed by atoms with Gasteiger partial charge in [-0.1, -0.05) is 31.2 Å². The van der Waals surface area contributed by atoms with Gasteiger partial charge in [-0.05, 0) is 50.1 Å². The molecule has 6 nitrogen and oxygen atoms in total. The molecule has 0 saturated carbocycles. The molecule has 3 rings (SSSR count). The smallest absolute Gasteiger partial charge is 0.255 e. The maximum absolute atomic E-state index is 13.1. The van der Waals surface area contributed by atoms with E-state index < -0.39 is 10.0 Å². The van der Waals surface area contributed by atoms with Crippen LogP contribution in [0, 0.1) is 0 Å². The van der Waals surface area contributed by atoms with E-state index in [-0.39, 0.29) is 23.0 Å². The van der Waals surface area contributed by atoms with Crippen LogP contribution in [0.4, 0.5) is 5.69 Å². The average Bonchev–Trinajstić information content (AvgIpc) is 2.67. The SMILES string of the molecule is CCc1ccccc1NC(=O)c1cccc(S(=O)(=O)N2C[C@H](C)O[C@@H](C)C2)c1.